The average molecular weight is 361 g/mol. The van der Waals surface area contributed by atoms with Crippen LogP contribution >= 0.6 is 0 Å². The maximum atomic E-state index is 11.2. The van der Waals surface area contributed by atoms with Crippen molar-refractivity contribution in [1.82, 2.24) is 24.6 Å². The first-order valence-electron chi connectivity index (χ1n) is 8.58. The minimum atomic E-state index is -0.710. The zero-order valence-electron chi connectivity index (χ0n) is 14.8. The largest absolute Gasteiger partial charge is 0.519 e. The van der Waals surface area contributed by atoms with Crippen molar-refractivity contribution in [1.29, 1.82) is 0 Å². The van der Waals surface area contributed by atoms with Gasteiger partial charge in [0.2, 0.25) is 0 Å². The van der Waals surface area contributed by atoms with E-state index in [1.807, 2.05) is 30.5 Å². The van der Waals surface area contributed by atoms with Gasteiger partial charge in [-0.2, -0.15) is 5.10 Å². The van der Waals surface area contributed by atoms with Crippen molar-refractivity contribution in [2.24, 2.45) is 0 Å². The van der Waals surface area contributed by atoms with Crippen molar-refractivity contribution in [2.45, 2.75) is 26.7 Å². The molecule has 0 fully saturated rings. The van der Waals surface area contributed by atoms with Crippen LogP contribution in [0, 0.1) is 13.8 Å². The van der Waals surface area contributed by atoms with Gasteiger partial charge in [-0.3, -0.25) is 9.97 Å². The van der Waals surface area contributed by atoms with E-state index in [4.69, 9.17) is 8.83 Å². The highest BCUT2D eigenvalue weighted by molar-refractivity contribution is 5.90. The summed E-state index contributed by atoms with van der Waals surface area (Å²) in [6.07, 6.45) is 3.16. The molecule has 0 saturated heterocycles. The lowest BCUT2D eigenvalue weighted by atomic mass is 10.1. The fourth-order valence-electron chi connectivity index (χ4n) is 3.16. The smallest absolute Gasteiger partial charge is 0.391 e. The van der Waals surface area contributed by atoms with E-state index in [0.29, 0.717) is 24.0 Å². The summed E-state index contributed by atoms with van der Waals surface area (Å²) < 4.78 is 11.8. The minimum Gasteiger partial charge on any atom is -0.391 e. The Bertz CT molecular complexity index is 1340. The SMILES string of the molecule is Cc1ncc(C)n2nc(CCc3ccc4cc5oc(=O)oc5cc4n3)nc12. The second kappa shape index (κ2) is 5.73. The maximum absolute atomic E-state index is 11.2. The van der Waals surface area contributed by atoms with E-state index >= 15 is 0 Å². The first-order chi connectivity index (χ1) is 13.1. The number of rotatable bonds is 3. The van der Waals surface area contributed by atoms with Crippen LogP contribution < -0.4 is 5.82 Å². The molecule has 4 aromatic heterocycles. The molecule has 0 radical (unpaired) electrons. The Balaban J connectivity index is 1.45. The predicted molar refractivity (Wildman–Crippen MR) is 97.7 cm³/mol. The van der Waals surface area contributed by atoms with E-state index in [9.17, 15) is 4.79 Å². The van der Waals surface area contributed by atoms with Gasteiger partial charge in [-0.05, 0) is 32.4 Å². The van der Waals surface area contributed by atoms with Crippen molar-refractivity contribution in [3.05, 3.63) is 64.0 Å². The van der Waals surface area contributed by atoms with Crippen molar-refractivity contribution < 1.29 is 8.83 Å². The van der Waals surface area contributed by atoms with Crippen LogP contribution in [0.2, 0.25) is 0 Å². The maximum Gasteiger partial charge on any atom is 0.519 e. The molecular formula is C19H15N5O3. The topological polar surface area (TPSA) is 99.3 Å². The van der Waals surface area contributed by atoms with Crippen LogP contribution in [0.4, 0.5) is 0 Å². The number of aromatic nitrogens is 5. The van der Waals surface area contributed by atoms with Crippen LogP contribution in [0.15, 0.2) is 44.1 Å². The fourth-order valence-corrected chi connectivity index (χ4v) is 3.16. The third kappa shape index (κ3) is 2.66. The molecule has 0 spiro atoms. The Morgan fingerprint density at radius 2 is 1.85 bits per heavy atom. The van der Waals surface area contributed by atoms with Crippen molar-refractivity contribution in [3.63, 3.8) is 0 Å². The second-order valence-electron chi connectivity index (χ2n) is 6.50. The molecule has 4 heterocycles. The lowest BCUT2D eigenvalue weighted by molar-refractivity contribution is 0.409. The van der Waals surface area contributed by atoms with Crippen LogP contribution in [-0.4, -0.2) is 24.6 Å². The second-order valence-corrected chi connectivity index (χ2v) is 6.50. The summed E-state index contributed by atoms with van der Waals surface area (Å²) in [6, 6.07) is 7.40. The summed E-state index contributed by atoms with van der Waals surface area (Å²) in [4.78, 5) is 24.8. The lowest BCUT2D eigenvalue weighted by Gasteiger charge is -2.01. The van der Waals surface area contributed by atoms with Gasteiger partial charge in [-0.25, -0.2) is 14.3 Å². The van der Waals surface area contributed by atoms with E-state index in [0.717, 1.165) is 39.5 Å². The van der Waals surface area contributed by atoms with Crippen LogP contribution in [-0.2, 0) is 12.8 Å². The Hall–Kier alpha value is -3.55. The number of aryl methyl sites for hydroxylation is 4. The molecule has 1 aromatic carbocycles. The molecule has 8 nitrogen and oxygen atoms in total. The van der Waals surface area contributed by atoms with Gasteiger partial charge in [0.25, 0.3) is 0 Å². The lowest BCUT2D eigenvalue weighted by Crippen LogP contribution is -1.99. The Morgan fingerprint density at radius 1 is 1.04 bits per heavy atom. The summed E-state index contributed by atoms with van der Waals surface area (Å²) in [5, 5.41) is 5.46. The molecule has 0 N–H and O–H groups in total. The molecule has 0 aliphatic rings. The van der Waals surface area contributed by atoms with E-state index < -0.39 is 5.82 Å². The van der Waals surface area contributed by atoms with Crippen LogP contribution in [0.5, 0.6) is 0 Å². The summed E-state index contributed by atoms with van der Waals surface area (Å²) in [6.45, 7) is 3.88. The molecule has 0 aliphatic carbocycles. The molecule has 0 bridgehead atoms. The van der Waals surface area contributed by atoms with E-state index in [-0.39, 0.29) is 0 Å². The minimum absolute atomic E-state index is 0.401. The highest BCUT2D eigenvalue weighted by atomic mass is 16.6. The average Bonchev–Trinajstić information content (AvgIpc) is 3.24. The van der Waals surface area contributed by atoms with E-state index in [2.05, 4.69) is 20.1 Å². The molecule has 0 aliphatic heterocycles. The number of benzene rings is 1. The molecule has 0 atom stereocenters. The summed E-state index contributed by atoms with van der Waals surface area (Å²) >= 11 is 0. The number of hydrogen-bond acceptors (Lipinski definition) is 7. The number of fused-ring (bicyclic) bond motifs is 3. The van der Waals surface area contributed by atoms with Gasteiger partial charge in [0.05, 0.1) is 16.9 Å². The van der Waals surface area contributed by atoms with E-state index in [1.165, 1.54) is 0 Å². The van der Waals surface area contributed by atoms with Crippen molar-refractivity contribution in [3.8, 4) is 0 Å². The van der Waals surface area contributed by atoms with Crippen molar-refractivity contribution in [2.75, 3.05) is 0 Å². The Morgan fingerprint density at radius 3 is 2.67 bits per heavy atom. The van der Waals surface area contributed by atoms with Gasteiger partial charge in [0, 0.05) is 29.8 Å². The Kier molecular flexibility index (Phi) is 3.33. The van der Waals surface area contributed by atoms with Gasteiger partial charge in [-0.15, -0.1) is 0 Å². The standard InChI is InChI=1S/C19H15N5O3/c1-10-9-20-11(2)18-22-17(23-24(10)18)6-5-13-4-3-12-7-15-16(8-14(12)21-13)27-19(25)26-15/h3-4,7-9H,5-6H2,1-2H3. The predicted octanol–water partition coefficient (Wildman–Crippen LogP) is 2.77. The summed E-state index contributed by atoms with van der Waals surface area (Å²) in [7, 11) is 0. The van der Waals surface area contributed by atoms with Crippen LogP contribution in [0.1, 0.15) is 22.9 Å². The zero-order chi connectivity index (χ0) is 18.5. The van der Waals surface area contributed by atoms with Gasteiger partial charge < -0.3 is 8.83 Å². The number of nitrogens with zero attached hydrogens (tertiary/aromatic N) is 5. The first kappa shape index (κ1) is 15.7. The molecule has 5 rings (SSSR count). The molecule has 8 heteroatoms. The highest BCUT2D eigenvalue weighted by Gasteiger charge is 2.11. The van der Waals surface area contributed by atoms with Crippen molar-refractivity contribution >= 4 is 27.7 Å². The number of pyridine rings is 1. The van der Waals surface area contributed by atoms with Gasteiger partial charge >= 0.3 is 5.82 Å². The molecule has 0 unspecified atom stereocenters. The molecule has 134 valence electrons. The quantitative estimate of drug-likeness (QED) is 0.487. The Labute approximate surface area is 152 Å². The monoisotopic (exact) mass is 361 g/mol. The molecule has 5 aromatic rings. The summed E-state index contributed by atoms with van der Waals surface area (Å²) in [5.74, 6) is 0.0471. The van der Waals surface area contributed by atoms with E-state index in [1.54, 1.807) is 18.3 Å². The third-order valence-corrected chi connectivity index (χ3v) is 4.56. The zero-order valence-corrected chi connectivity index (χ0v) is 14.8. The molecule has 27 heavy (non-hydrogen) atoms. The normalized spacial score (nSPS) is 11.8. The third-order valence-electron chi connectivity index (χ3n) is 4.56. The first-order valence-corrected chi connectivity index (χ1v) is 8.58. The van der Waals surface area contributed by atoms with Gasteiger partial charge in [-0.1, -0.05) is 6.07 Å². The highest BCUT2D eigenvalue weighted by Crippen LogP contribution is 2.21. The molecule has 0 amide bonds. The molecular weight excluding hydrogens is 346 g/mol. The van der Waals surface area contributed by atoms with Crippen LogP contribution in [0.3, 0.4) is 0 Å². The summed E-state index contributed by atoms with van der Waals surface area (Å²) in [5.41, 5.74) is 5.08. The van der Waals surface area contributed by atoms with Crippen LogP contribution in [0.25, 0.3) is 27.7 Å². The number of hydrogen-bond donors (Lipinski definition) is 0. The van der Waals surface area contributed by atoms with Gasteiger partial charge in [0.1, 0.15) is 0 Å². The van der Waals surface area contributed by atoms with Gasteiger partial charge in [0.15, 0.2) is 22.6 Å². The molecule has 0 saturated carbocycles. The fraction of sp³-hybridized carbons (Fsp3) is 0.211.